The van der Waals surface area contributed by atoms with E-state index in [1.165, 1.54) is 27.3 Å². The van der Waals surface area contributed by atoms with Crippen LogP contribution >= 0.6 is 0 Å². The van der Waals surface area contributed by atoms with Gasteiger partial charge in [0.05, 0.1) is 5.52 Å². The second-order valence-corrected chi connectivity index (χ2v) is 7.75. The number of H-pyrrole nitrogens is 1. The lowest BCUT2D eigenvalue weighted by molar-refractivity contribution is 0.424. The van der Waals surface area contributed by atoms with E-state index in [0.717, 1.165) is 28.0 Å². The number of pyridine rings is 1. The van der Waals surface area contributed by atoms with Crippen molar-refractivity contribution in [1.29, 1.82) is 0 Å². The normalized spacial score (nSPS) is 14.9. The van der Waals surface area contributed by atoms with Crippen LogP contribution in [0.2, 0.25) is 0 Å². The average Bonchev–Trinajstić information content (AvgIpc) is 3.08. The van der Waals surface area contributed by atoms with E-state index in [1.54, 1.807) is 0 Å². The molecule has 0 bridgehead atoms. The first kappa shape index (κ1) is 14.8. The van der Waals surface area contributed by atoms with Crippen molar-refractivity contribution in [2.24, 2.45) is 0 Å². The topological polar surface area (TPSA) is 37.9 Å². The van der Waals surface area contributed by atoms with Gasteiger partial charge in [0.1, 0.15) is 11.4 Å². The van der Waals surface area contributed by atoms with Gasteiger partial charge >= 0.3 is 0 Å². The van der Waals surface area contributed by atoms with Gasteiger partial charge in [-0.2, -0.15) is 0 Å². The van der Waals surface area contributed by atoms with Crippen LogP contribution < -0.4 is 4.74 Å². The fourth-order valence-corrected chi connectivity index (χ4v) is 4.68. The lowest BCUT2D eigenvalue weighted by Crippen LogP contribution is -2.24. The lowest BCUT2D eigenvalue weighted by Gasteiger charge is -2.35. The predicted molar refractivity (Wildman–Crippen MR) is 110 cm³/mol. The third kappa shape index (κ3) is 1.78. The van der Waals surface area contributed by atoms with Gasteiger partial charge in [0.2, 0.25) is 0 Å². The first-order valence-corrected chi connectivity index (χ1v) is 9.25. The summed E-state index contributed by atoms with van der Waals surface area (Å²) in [6, 6.07) is 21.1. The molecule has 0 saturated carbocycles. The minimum Gasteiger partial charge on any atom is -0.454 e. The zero-order valence-corrected chi connectivity index (χ0v) is 15.2. The number of rotatable bonds is 0. The molecule has 6 rings (SSSR count). The molecule has 0 spiro atoms. The van der Waals surface area contributed by atoms with Gasteiger partial charge in [-0.25, -0.2) is 4.98 Å². The van der Waals surface area contributed by atoms with Crippen molar-refractivity contribution < 1.29 is 4.74 Å². The van der Waals surface area contributed by atoms with Gasteiger partial charge in [-0.05, 0) is 29.0 Å². The number of fused-ring (bicyclic) bond motifs is 9. The van der Waals surface area contributed by atoms with Gasteiger partial charge in [0, 0.05) is 33.5 Å². The molecule has 3 heteroatoms. The zero-order valence-electron chi connectivity index (χ0n) is 15.2. The highest BCUT2D eigenvalue weighted by atomic mass is 16.5. The van der Waals surface area contributed by atoms with Gasteiger partial charge in [-0.3, -0.25) is 0 Å². The SMILES string of the molecule is CC1(C)c2ccccc2Oc2c1c1ccccc1c1c2[nH]c2ncccc21. The number of ether oxygens (including phenoxy) is 1. The number of hydrogen-bond acceptors (Lipinski definition) is 2. The summed E-state index contributed by atoms with van der Waals surface area (Å²) in [7, 11) is 0. The molecule has 1 aliphatic rings. The fourth-order valence-electron chi connectivity index (χ4n) is 4.68. The molecule has 27 heavy (non-hydrogen) atoms. The molecule has 0 unspecified atom stereocenters. The summed E-state index contributed by atoms with van der Waals surface area (Å²) in [5.41, 5.74) is 4.21. The number of para-hydroxylation sites is 1. The molecular weight excluding hydrogens is 332 g/mol. The Balaban J connectivity index is 1.89. The molecule has 0 saturated heterocycles. The molecule has 0 atom stereocenters. The third-order valence-electron chi connectivity index (χ3n) is 5.89. The summed E-state index contributed by atoms with van der Waals surface area (Å²) in [6.45, 7) is 4.57. The zero-order chi connectivity index (χ0) is 18.2. The Morgan fingerprint density at radius 1 is 0.852 bits per heavy atom. The predicted octanol–water partition coefficient (Wildman–Crippen LogP) is 6.30. The summed E-state index contributed by atoms with van der Waals surface area (Å²) in [5.74, 6) is 1.85. The molecule has 130 valence electrons. The van der Waals surface area contributed by atoms with Gasteiger partial charge in [0.15, 0.2) is 5.75 Å². The number of benzene rings is 3. The first-order valence-electron chi connectivity index (χ1n) is 9.25. The maximum absolute atomic E-state index is 6.50. The lowest BCUT2D eigenvalue weighted by atomic mass is 9.73. The molecule has 1 aliphatic heterocycles. The van der Waals surface area contributed by atoms with Crippen molar-refractivity contribution in [2.45, 2.75) is 19.3 Å². The molecule has 0 fully saturated rings. The molecule has 0 radical (unpaired) electrons. The monoisotopic (exact) mass is 350 g/mol. The first-order chi connectivity index (χ1) is 13.2. The summed E-state index contributed by atoms with van der Waals surface area (Å²) in [5, 5.41) is 4.79. The van der Waals surface area contributed by atoms with Gasteiger partial charge in [-0.1, -0.05) is 56.3 Å². The van der Waals surface area contributed by atoms with Crippen molar-refractivity contribution in [3.8, 4) is 11.5 Å². The Bertz CT molecular complexity index is 1380. The van der Waals surface area contributed by atoms with Gasteiger partial charge < -0.3 is 9.72 Å². The smallest absolute Gasteiger partial charge is 0.156 e. The van der Waals surface area contributed by atoms with Crippen LogP contribution in [0.3, 0.4) is 0 Å². The van der Waals surface area contributed by atoms with Crippen LogP contribution in [0.4, 0.5) is 0 Å². The third-order valence-corrected chi connectivity index (χ3v) is 5.89. The quantitative estimate of drug-likeness (QED) is 0.356. The maximum atomic E-state index is 6.50. The van der Waals surface area contributed by atoms with Crippen molar-refractivity contribution in [3.63, 3.8) is 0 Å². The van der Waals surface area contributed by atoms with Crippen molar-refractivity contribution in [3.05, 3.63) is 78.0 Å². The minimum absolute atomic E-state index is 0.164. The second kappa shape index (κ2) is 4.89. The van der Waals surface area contributed by atoms with Crippen LogP contribution in [0.15, 0.2) is 66.9 Å². The fraction of sp³-hybridized carbons (Fsp3) is 0.125. The minimum atomic E-state index is -0.164. The Labute approximate surface area is 156 Å². The Morgan fingerprint density at radius 2 is 1.59 bits per heavy atom. The number of nitrogens with zero attached hydrogens (tertiary/aromatic N) is 1. The van der Waals surface area contributed by atoms with Crippen molar-refractivity contribution in [2.75, 3.05) is 0 Å². The molecule has 0 aliphatic carbocycles. The van der Waals surface area contributed by atoms with E-state index in [-0.39, 0.29) is 5.41 Å². The highest BCUT2D eigenvalue weighted by Crippen LogP contribution is 2.54. The molecule has 2 aromatic heterocycles. The molecular formula is C24H18N2O. The van der Waals surface area contributed by atoms with E-state index >= 15 is 0 Å². The summed E-state index contributed by atoms with van der Waals surface area (Å²) in [4.78, 5) is 8.07. The van der Waals surface area contributed by atoms with E-state index in [0.29, 0.717) is 0 Å². The molecule has 3 heterocycles. The molecule has 3 nitrogen and oxygen atoms in total. The summed E-state index contributed by atoms with van der Waals surface area (Å²) < 4.78 is 6.50. The second-order valence-electron chi connectivity index (χ2n) is 7.75. The van der Waals surface area contributed by atoms with Crippen LogP contribution in [-0.2, 0) is 5.41 Å². The van der Waals surface area contributed by atoms with Crippen molar-refractivity contribution in [1.82, 2.24) is 9.97 Å². The van der Waals surface area contributed by atoms with Crippen LogP contribution in [-0.4, -0.2) is 9.97 Å². The highest BCUT2D eigenvalue weighted by molar-refractivity contribution is 6.22. The van der Waals surface area contributed by atoms with E-state index < -0.39 is 0 Å². The van der Waals surface area contributed by atoms with E-state index in [9.17, 15) is 0 Å². The number of aromatic nitrogens is 2. The molecule has 0 amide bonds. The Morgan fingerprint density at radius 3 is 2.48 bits per heavy atom. The molecule has 5 aromatic rings. The van der Waals surface area contributed by atoms with E-state index in [4.69, 9.17) is 4.74 Å². The number of nitrogens with one attached hydrogen (secondary N) is 1. The Hall–Kier alpha value is -3.33. The van der Waals surface area contributed by atoms with Crippen LogP contribution in [0, 0.1) is 0 Å². The Kier molecular flexibility index (Phi) is 2.68. The number of hydrogen-bond donors (Lipinski definition) is 1. The average molecular weight is 350 g/mol. The number of aromatic amines is 1. The maximum Gasteiger partial charge on any atom is 0.156 e. The molecule has 3 aromatic carbocycles. The van der Waals surface area contributed by atoms with E-state index in [1.807, 2.05) is 18.3 Å². The standard InChI is InChI=1S/C24H18N2O/c1-24(2)17-11-5-6-12-18(17)27-22-20(24)15-9-4-3-8-14(15)19-16-10-7-13-25-23(16)26-21(19)22/h3-13H,1-2H3,(H,25,26). The largest absolute Gasteiger partial charge is 0.454 e. The van der Waals surface area contributed by atoms with Crippen LogP contribution in [0.1, 0.15) is 25.0 Å². The molecule has 1 N–H and O–H groups in total. The van der Waals surface area contributed by atoms with Gasteiger partial charge in [-0.15, -0.1) is 0 Å². The van der Waals surface area contributed by atoms with Crippen LogP contribution in [0.5, 0.6) is 11.5 Å². The highest BCUT2D eigenvalue weighted by Gasteiger charge is 2.37. The van der Waals surface area contributed by atoms with Gasteiger partial charge in [0.25, 0.3) is 0 Å². The van der Waals surface area contributed by atoms with Crippen molar-refractivity contribution >= 4 is 32.7 Å². The summed E-state index contributed by atoms with van der Waals surface area (Å²) in [6.07, 6.45) is 1.83. The summed E-state index contributed by atoms with van der Waals surface area (Å²) >= 11 is 0. The van der Waals surface area contributed by atoms with E-state index in [2.05, 4.69) is 72.3 Å². The van der Waals surface area contributed by atoms with Crippen LogP contribution in [0.25, 0.3) is 32.7 Å².